The van der Waals surface area contributed by atoms with Crippen molar-refractivity contribution < 1.29 is 9.53 Å². The lowest BCUT2D eigenvalue weighted by molar-refractivity contribution is -0.139. The summed E-state index contributed by atoms with van der Waals surface area (Å²) in [5.74, 6) is -0.197. The molecule has 1 rings (SSSR count). The van der Waals surface area contributed by atoms with Gasteiger partial charge in [-0.2, -0.15) is 0 Å². The molecule has 2 nitrogen and oxygen atoms in total. The summed E-state index contributed by atoms with van der Waals surface area (Å²) in [6.07, 6.45) is 2.16. The molecule has 1 aromatic rings. The molecule has 0 unspecified atom stereocenters. The Balaban J connectivity index is 2.79. The summed E-state index contributed by atoms with van der Waals surface area (Å²) in [5.41, 5.74) is 1.17. The predicted octanol–water partition coefficient (Wildman–Crippen LogP) is 2.42. The third-order valence-corrected chi connectivity index (χ3v) is 2.97. The first-order valence-corrected chi connectivity index (χ1v) is 4.77. The quantitative estimate of drug-likeness (QED) is 0.694. The number of esters is 1. The minimum Gasteiger partial charge on any atom is -0.469 e. The lowest BCUT2D eigenvalue weighted by Gasteiger charge is -1.93. The SMILES string of the molecule is C=Cc1sc(CC(=O)OC)cc1C. The second-order valence-corrected chi connectivity index (χ2v) is 3.89. The van der Waals surface area contributed by atoms with Crippen LogP contribution in [0.15, 0.2) is 12.6 Å². The molecule has 0 bridgehead atoms. The highest BCUT2D eigenvalue weighted by atomic mass is 32.1. The number of hydrogen-bond acceptors (Lipinski definition) is 3. The van der Waals surface area contributed by atoms with E-state index in [4.69, 9.17) is 0 Å². The lowest BCUT2D eigenvalue weighted by atomic mass is 10.2. The fraction of sp³-hybridized carbons (Fsp3) is 0.300. The number of carbonyl (C=O) groups excluding carboxylic acids is 1. The maximum Gasteiger partial charge on any atom is 0.310 e. The van der Waals surface area contributed by atoms with Crippen molar-refractivity contribution in [1.29, 1.82) is 0 Å². The molecular formula is C10H12O2S. The summed E-state index contributed by atoms with van der Waals surface area (Å²) >= 11 is 1.58. The summed E-state index contributed by atoms with van der Waals surface area (Å²) in [6.45, 7) is 5.71. The van der Waals surface area contributed by atoms with E-state index in [1.54, 1.807) is 17.4 Å². The van der Waals surface area contributed by atoms with Crippen molar-refractivity contribution in [3.63, 3.8) is 0 Å². The minimum absolute atomic E-state index is 0.197. The van der Waals surface area contributed by atoms with E-state index >= 15 is 0 Å². The van der Waals surface area contributed by atoms with Gasteiger partial charge < -0.3 is 4.74 Å². The first-order chi connectivity index (χ1) is 6.17. The van der Waals surface area contributed by atoms with Crippen molar-refractivity contribution in [3.05, 3.63) is 28.0 Å². The van der Waals surface area contributed by atoms with Gasteiger partial charge in [0.15, 0.2) is 0 Å². The van der Waals surface area contributed by atoms with Crippen LogP contribution in [-0.2, 0) is 16.0 Å². The average Bonchev–Trinajstić information content (AvgIpc) is 2.46. The molecule has 3 heteroatoms. The minimum atomic E-state index is -0.197. The van der Waals surface area contributed by atoms with Crippen molar-refractivity contribution >= 4 is 23.4 Å². The highest BCUT2D eigenvalue weighted by Crippen LogP contribution is 2.23. The van der Waals surface area contributed by atoms with E-state index in [-0.39, 0.29) is 5.97 Å². The molecule has 1 heterocycles. The van der Waals surface area contributed by atoms with Crippen LogP contribution < -0.4 is 0 Å². The van der Waals surface area contributed by atoms with Gasteiger partial charge in [0.2, 0.25) is 0 Å². The Morgan fingerprint density at radius 1 is 1.77 bits per heavy atom. The molecule has 0 aromatic carbocycles. The van der Waals surface area contributed by atoms with Crippen LogP contribution in [0, 0.1) is 6.92 Å². The molecule has 0 amide bonds. The summed E-state index contributed by atoms with van der Waals surface area (Å²) in [4.78, 5) is 13.1. The highest BCUT2D eigenvalue weighted by Gasteiger charge is 2.07. The first-order valence-electron chi connectivity index (χ1n) is 3.96. The van der Waals surface area contributed by atoms with Crippen LogP contribution in [-0.4, -0.2) is 13.1 Å². The van der Waals surface area contributed by atoms with Crippen LogP contribution in [0.25, 0.3) is 6.08 Å². The number of thiophene rings is 1. The molecule has 0 fully saturated rings. The number of aryl methyl sites for hydroxylation is 1. The Labute approximate surface area is 81.8 Å². The normalized spacial score (nSPS) is 9.69. The van der Waals surface area contributed by atoms with Crippen LogP contribution >= 0.6 is 11.3 Å². The van der Waals surface area contributed by atoms with E-state index in [9.17, 15) is 4.79 Å². The topological polar surface area (TPSA) is 26.3 Å². The maximum absolute atomic E-state index is 10.9. The van der Waals surface area contributed by atoms with Gasteiger partial charge in [-0.05, 0) is 18.6 Å². The largest absolute Gasteiger partial charge is 0.469 e. The van der Waals surface area contributed by atoms with Crippen molar-refractivity contribution in [3.8, 4) is 0 Å². The third-order valence-electron chi connectivity index (χ3n) is 1.74. The summed E-state index contributed by atoms with van der Waals surface area (Å²) in [6, 6.07) is 2.00. The molecular weight excluding hydrogens is 184 g/mol. The second-order valence-electron chi connectivity index (χ2n) is 2.72. The van der Waals surface area contributed by atoms with E-state index in [2.05, 4.69) is 11.3 Å². The second kappa shape index (κ2) is 4.23. The van der Waals surface area contributed by atoms with Gasteiger partial charge in [-0.15, -0.1) is 11.3 Å². The summed E-state index contributed by atoms with van der Waals surface area (Å²) < 4.78 is 4.58. The number of methoxy groups -OCH3 is 1. The smallest absolute Gasteiger partial charge is 0.310 e. The monoisotopic (exact) mass is 196 g/mol. The van der Waals surface area contributed by atoms with E-state index in [0.717, 1.165) is 9.75 Å². The lowest BCUT2D eigenvalue weighted by Crippen LogP contribution is -2.02. The van der Waals surface area contributed by atoms with Crippen LogP contribution in [0.1, 0.15) is 15.3 Å². The first kappa shape index (κ1) is 9.99. The molecule has 0 spiro atoms. The van der Waals surface area contributed by atoms with E-state index < -0.39 is 0 Å². The molecule has 0 radical (unpaired) electrons. The van der Waals surface area contributed by atoms with Gasteiger partial charge in [0.1, 0.15) is 0 Å². The van der Waals surface area contributed by atoms with Crippen LogP contribution in [0.5, 0.6) is 0 Å². The van der Waals surface area contributed by atoms with Gasteiger partial charge >= 0.3 is 5.97 Å². The Morgan fingerprint density at radius 3 is 2.92 bits per heavy atom. The molecule has 1 aromatic heterocycles. The number of ether oxygens (including phenoxy) is 1. The maximum atomic E-state index is 10.9. The van der Waals surface area contributed by atoms with E-state index in [1.807, 2.05) is 13.0 Å². The van der Waals surface area contributed by atoms with Gasteiger partial charge in [0.25, 0.3) is 0 Å². The summed E-state index contributed by atoms with van der Waals surface area (Å²) in [5, 5.41) is 0. The van der Waals surface area contributed by atoms with Crippen LogP contribution in [0.4, 0.5) is 0 Å². The molecule has 0 aliphatic carbocycles. The zero-order chi connectivity index (χ0) is 9.84. The van der Waals surface area contributed by atoms with Gasteiger partial charge in [0.05, 0.1) is 13.5 Å². The number of rotatable bonds is 3. The van der Waals surface area contributed by atoms with Gasteiger partial charge in [-0.1, -0.05) is 12.7 Å². The van der Waals surface area contributed by atoms with Gasteiger partial charge in [0, 0.05) is 9.75 Å². The number of carbonyl (C=O) groups is 1. The third kappa shape index (κ3) is 2.42. The Bertz CT molecular complexity index is 326. The molecule has 0 saturated carbocycles. The molecule has 0 N–H and O–H groups in total. The Morgan fingerprint density at radius 2 is 2.46 bits per heavy atom. The van der Waals surface area contributed by atoms with Gasteiger partial charge in [-0.25, -0.2) is 0 Å². The zero-order valence-corrected chi connectivity index (χ0v) is 8.61. The zero-order valence-electron chi connectivity index (χ0n) is 7.79. The highest BCUT2D eigenvalue weighted by molar-refractivity contribution is 7.13. The molecule has 70 valence electrons. The molecule has 13 heavy (non-hydrogen) atoms. The van der Waals surface area contributed by atoms with E-state index in [1.165, 1.54) is 12.7 Å². The fourth-order valence-electron chi connectivity index (χ4n) is 1.07. The molecule has 0 aliphatic rings. The van der Waals surface area contributed by atoms with Gasteiger partial charge in [-0.3, -0.25) is 4.79 Å². The number of hydrogen-bond donors (Lipinski definition) is 0. The predicted molar refractivity (Wildman–Crippen MR) is 54.9 cm³/mol. The van der Waals surface area contributed by atoms with E-state index in [0.29, 0.717) is 6.42 Å². The fourth-order valence-corrected chi connectivity index (χ4v) is 2.08. The Hall–Kier alpha value is -1.09. The van der Waals surface area contributed by atoms with Crippen molar-refractivity contribution in [2.45, 2.75) is 13.3 Å². The molecule has 0 atom stereocenters. The van der Waals surface area contributed by atoms with Crippen molar-refractivity contribution in [2.24, 2.45) is 0 Å². The molecule has 0 aliphatic heterocycles. The van der Waals surface area contributed by atoms with Crippen LogP contribution in [0.3, 0.4) is 0 Å². The molecule has 0 saturated heterocycles. The standard InChI is InChI=1S/C10H12O2S/c1-4-9-7(2)5-8(13-9)6-10(11)12-3/h4-5H,1,6H2,2-3H3. The summed E-state index contributed by atoms with van der Waals surface area (Å²) in [7, 11) is 1.40. The Kier molecular flexibility index (Phi) is 3.25. The average molecular weight is 196 g/mol. The van der Waals surface area contributed by atoms with Crippen LogP contribution in [0.2, 0.25) is 0 Å². The van der Waals surface area contributed by atoms with Crippen molar-refractivity contribution in [2.75, 3.05) is 7.11 Å². The van der Waals surface area contributed by atoms with Crippen molar-refractivity contribution in [1.82, 2.24) is 0 Å².